The minimum absolute atomic E-state index is 0.0778. The average molecular weight is 297 g/mol. The summed E-state index contributed by atoms with van der Waals surface area (Å²) in [4.78, 5) is 13.0. The van der Waals surface area contributed by atoms with Gasteiger partial charge in [-0.25, -0.2) is 0 Å². The van der Waals surface area contributed by atoms with Crippen LogP contribution in [0.25, 0.3) is 32.6 Å². The number of benzene rings is 1. The number of hydrogen-bond donors (Lipinski definition) is 0. The van der Waals surface area contributed by atoms with Gasteiger partial charge in [-0.1, -0.05) is 12.1 Å². The van der Waals surface area contributed by atoms with Crippen molar-refractivity contribution in [3.05, 3.63) is 89.6 Å². The first-order chi connectivity index (χ1) is 11.3. The van der Waals surface area contributed by atoms with E-state index in [2.05, 4.69) is 28.8 Å². The Hall–Kier alpha value is -3.20. The highest BCUT2D eigenvalue weighted by molar-refractivity contribution is 6.08. The maximum absolute atomic E-state index is 13.0. The van der Waals surface area contributed by atoms with E-state index in [1.54, 1.807) is 0 Å². The predicted molar refractivity (Wildman–Crippen MR) is 91.8 cm³/mol. The van der Waals surface area contributed by atoms with Crippen LogP contribution in [-0.2, 0) is 0 Å². The Morgan fingerprint density at radius 3 is 2.74 bits per heavy atom. The van der Waals surface area contributed by atoms with Crippen LogP contribution in [-0.4, -0.2) is 4.40 Å². The Bertz CT molecular complexity index is 1290. The SMILES string of the molecule is O=c1c2c(ccc3cn4ccccc4cc32)c[n+]2ccccc12. The highest BCUT2D eigenvalue weighted by atomic mass is 16.1. The Morgan fingerprint density at radius 1 is 0.913 bits per heavy atom. The molecule has 4 aromatic heterocycles. The van der Waals surface area contributed by atoms with E-state index in [1.165, 1.54) is 0 Å². The van der Waals surface area contributed by atoms with E-state index < -0.39 is 0 Å². The molecule has 0 atom stereocenters. The molecule has 0 radical (unpaired) electrons. The van der Waals surface area contributed by atoms with Gasteiger partial charge < -0.3 is 4.40 Å². The lowest BCUT2D eigenvalue weighted by Gasteiger charge is -2.06. The summed E-state index contributed by atoms with van der Waals surface area (Å²) in [6.45, 7) is 0. The lowest BCUT2D eigenvalue weighted by Crippen LogP contribution is -2.27. The number of rotatable bonds is 0. The highest BCUT2D eigenvalue weighted by Crippen LogP contribution is 2.24. The fourth-order valence-electron chi connectivity index (χ4n) is 3.33. The molecule has 0 aliphatic carbocycles. The molecule has 3 heteroatoms. The molecule has 0 aliphatic rings. The van der Waals surface area contributed by atoms with Crippen molar-refractivity contribution in [3.8, 4) is 0 Å². The van der Waals surface area contributed by atoms with Crippen LogP contribution in [0.2, 0.25) is 0 Å². The fraction of sp³-hybridized carbons (Fsp3) is 0. The zero-order valence-corrected chi connectivity index (χ0v) is 12.3. The highest BCUT2D eigenvalue weighted by Gasteiger charge is 2.14. The zero-order valence-electron chi connectivity index (χ0n) is 12.3. The summed E-state index contributed by atoms with van der Waals surface area (Å²) in [7, 11) is 0. The van der Waals surface area contributed by atoms with Crippen LogP contribution < -0.4 is 9.83 Å². The molecule has 0 bridgehead atoms. The maximum atomic E-state index is 13.0. The Morgan fingerprint density at radius 2 is 1.78 bits per heavy atom. The molecule has 0 spiro atoms. The molecular formula is C20H13N2O+. The first-order valence-electron chi connectivity index (χ1n) is 7.58. The van der Waals surface area contributed by atoms with Crippen molar-refractivity contribution in [1.82, 2.24) is 4.40 Å². The van der Waals surface area contributed by atoms with Gasteiger partial charge in [-0.05, 0) is 41.1 Å². The van der Waals surface area contributed by atoms with E-state index in [4.69, 9.17) is 0 Å². The Kier molecular flexibility index (Phi) is 2.36. The van der Waals surface area contributed by atoms with E-state index in [0.29, 0.717) is 5.52 Å². The quantitative estimate of drug-likeness (QED) is 0.244. The smallest absolute Gasteiger partial charge is 0.259 e. The van der Waals surface area contributed by atoms with Crippen molar-refractivity contribution >= 4 is 32.6 Å². The topological polar surface area (TPSA) is 25.6 Å². The van der Waals surface area contributed by atoms with Crippen LogP contribution in [0.15, 0.2) is 84.2 Å². The van der Waals surface area contributed by atoms with Gasteiger partial charge in [-0.2, -0.15) is 4.40 Å². The minimum Gasteiger partial charge on any atom is -0.323 e. The number of nitrogens with zero attached hydrogens (tertiary/aromatic N) is 2. The van der Waals surface area contributed by atoms with Crippen LogP contribution in [0.5, 0.6) is 0 Å². The van der Waals surface area contributed by atoms with Crippen LogP contribution in [0, 0.1) is 0 Å². The molecule has 0 aliphatic heterocycles. The van der Waals surface area contributed by atoms with Crippen LogP contribution in [0.3, 0.4) is 0 Å². The lowest BCUT2D eigenvalue weighted by molar-refractivity contribution is -0.510. The molecule has 5 aromatic rings. The molecule has 0 fully saturated rings. The summed E-state index contributed by atoms with van der Waals surface area (Å²) < 4.78 is 3.97. The lowest BCUT2D eigenvalue weighted by atomic mass is 10.0. The predicted octanol–water partition coefficient (Wildman–Crippen LogP) is 3.34. The fourth-order valence-corrected chi connectivity index (χ4v) is 3.33. The van der Waals surface area contributed by atoms with Gasteiger partial charge in [0.1, 0.15) is 0 Å². The molecule has 0 saturated carbocycles. The molecule has 23 heavy (non-hydrogen) atoms. The van der Waals surface area contributed by atoms with Crippen LogP contribution in [0.1, 0.15) is 0 Å². The molecule has 1 aromatic carbocycles. The van der Waals surface area contributed by atoms with Crippen molar-refractivity contribution in [2.75, 3.05) is 0 Å². The first kappa shape index (κ1) is 12.4. The third-order valence-corrected chi connectivity index (χ3v) is 4.43. The number of hydrogen-bond acceptors (Lipinski definition) is 1. The second-order valence-electron chi connectivity index (χ2n) is 5.79. The molecule has 0 N–H and O–H groups in total. The van der Waals surface area contributed by atoms with Crippen molar-refractivity contribution in [1.29, 1.82) is 0 Å². The molecule has 4 heterocycles. The summed E-state index contributed by atoms with van der Waals surface area (Å²) in [6, 6.07) is 18.0. The third kappa shape index (κ3) is 1.70. The van der Waals surface area contributed by atoms with Gasteiger partial charge in [0.25, 0.3) is 10.9 Å². The third-order valence-electron chi connectivity index (χ3n) is 4.43. The van der Waals surface area contributed by atoms with E-state index >= 15 is 0 Å². The summed E-state index contributed by atoms with van der Waals surface area (Å²) in [5.74, 6) is 0. The summed E-state index contributed by atoms with van der Waals surface area (Å²) in [5, 5.41) is 3.83. The average Bonchev–Trinajstić information content (AvgIpc) is 2.60. The summed E-state index contributed by atoms with van der Waals surface area (Å²) in [5.41, 5.74) is 1.86. The van der Waals surface area contributed by atoms with Gasteiger partial charge in [-0.3, -0.25) is 4.79 Å². The molecule has 3 nitrogen and oxygen atoms in total. The van der Waals surface area contributed by atoms with E-state index in [1.807, 2.05) is 59.4 Å². The summed E-state index contributed by atoms with van der Waals surface area (Å²) >= 11 is 0. The molecule has 0 amide bonds. The number of pyridine rings is 4. The van der Waals surface area contributed by atoms with E-state index in [0.717, 1.165) is 27.1 Å². The summed E-state index contributed by atoms with van der Waals surface area (Å²) in [6.07, 6.45) is 8.03. The van der Waals surface area contributed by atoms with Crippen molar-refractivity contribution < 1.29 is 4.40 Å². The molecule has 0 unspecified atom stereocenters. The normalized spacial score (nSPS) is 11.7. The van der Waals surface area contributed by atoms with Gasteiger partial charge in [0, 0.05) is 30.0 Å². The van der Waals surface area contributed by atoms with E-state index in [9.17, 15) is 4.79 Å². The standard InChI is InChI=1S/C20H13N2O/c23-20-18-6-2-4-10-22(18)13-15-8-7-14-12-21-9-3-1-5-16(21)11-17(14)19(15)20/h1-13H/q+1. The number of fused-ring (bicyclic) bond motifs is 5. The second-order valence-corrected chi connectivity index (χ2v) is 5.79. The van der Waals surface area contributed by atoms with Gasteiger partial charge in [-0.15, -0.1) is 0 Å². The Balaban J connectivity index is 2.08. The van der Waals surface area contributed by atoms with E-state index in [-0.39, 0.29) is 5.43 Å². The Labute approximate surface area is 131 Å². The van der Waals surface area contributed by atoms with Gasteiger partial charge in [0.15, 0.2) is 12.4 Å². The largest absolute Gasteiger partial charge is 0.323 e. The molecule has 0 saturated heterocycles. The van der Waals surface area contributed by atoms with Crippen molar-refractivity contribution in [2.45, 2.75) is 0 Å². The zero-order chi connectivity index (χ0) is 15.4. The van der Waals surface area contributed by atoms with Crippen molar-refractivity contribution in [2.24, 2.45) is 0 Å². The monoisotopic (exact) mass is 297 g/mol. The van der Waals surface area contributed by atoms with Gasteiger partial charge >= 0.3 is 0 Å². The minimum atomic E-state index is 0.0778. The van der Waals surface area contributed by atoms with Gasteiger partial charge in [0.2, 0.25) is 0 Å². The van der Waals surface area contributed by atoms with Crippen LogP contribution in [0.4, 0.5) is 0 Å². The molecule has 5 rings (SSSR count). The maximum Gasteiger partial charge on any atom is 0.259 e. The van der Waals surface area contributed by atoms with Gasteiger partial charge in [0.05, 0.1) is 10.8 Å². The van der Waals surface area contributed by atoms with Crippen LogP contribution >= 0.6 is 0 Å². The second kappa shape index (κ2) is 4.40. The molecule has 108 valence electrons. The first-order valence-corrected chi connectivity index (χ1v) is 7.58. The molecular weight excluding hydrogens is 284 g/mol. The van der Waals surface area contributed by atoms with Crippen molar-refractivity contribution in [3.63, 3.8) is 0 Å². The number of aromatic nitrogens is 2.